The first-order chi connectivity index (χ1) is 6.24. The lowest BCUT2D eigenvalue weighted by molar-refractivity contribution is -0.419. The van der Waals surface area contributed by atoms with Gasteiger partial charge in [-0.05, 0) is 6.08 Å². The molecule has 0 atom stereocenters. The van der Waals surface area contributed by atoms with Crippen molar-refractivity contribution in [3.8, 4) is 0 Å². The number of carbonyl (C=O) groups is 1. The predicted molar refractivity (Wildman–Crippen MR) is 44.1 cm³/mol. The second-order valence-electron chi connectivity index (χ2n) is 2.30. The predicted octanol–water partition coefficient (Wildman–Crippen LogP) is 1.16. The van der Waals surface area contributed by atoms with Crippen LogP contribution >= 0.6 is 0 Å². The van der Waals surface area contributed by atoms with Gasteiger partial charge in [-0.15, -0.1) is 0 Å². The standard InChI is InChI=1S/C8H7NO4/c10-6-13-8-3-1-2-7(4-5-8)9(11)12/h1-2,4-6H,3H2. The van der Waals surface area contributed by atoms with E-state index in [0.717, 1.165) is 0 Å². The molecule has 68 valence electrons. The van der Waals surface area contributed by atoms with Gasteiger partial charge in [0.2, 0.25) is 0 Å². The Morgan fingerprint density at radius 3 is 2.92 bits per heavy atom. The van der Waals surface area contributed by atoms with Crippen LogP contribution in [0.5, 0.6) is 0 Å². The van der Waals surface area contributed by atoms with E-state index < -0.39 is 4.92 Å². The van der Waals surface area contributed by atoms with Crippen molar-refractivity contribution >= 4 is 6.47 Å². The van der Waals surface area contributed by atoms with Crippen molar-refractivity contribution < 1.29 is 14.5 Å². The SMILES string of the molecule is O=COC1=CC=C([N+](=O)[O-])C=CC1. The van der Waals surface area contributed by atoms with Crippen molar-refractivity contribution in [2.45, 2.75) is 6.42 Å². The van der Waals surface area contributed by atoms with Gasteiger partial charge in [0.25, 0.3) is 12.2 Å². The molecular formula is C8H7NO4. The Morgan fingerprint density at radius 2 is 2.31 bits per heavy atom. The summed E-state index contributed by atoms with van der Waals surface area (Å²) in [6.45, 7) is 0.296. The quantitative estimate of drug-likeness (QED) is 0.372. The molecule has 0 aromatic heterocycles. The third-order valence-corrected chi connectivity index (χ3v) is 1.46. The van der Waals surface area contributed by atoms with Crippen molar-refractivity contribution in [1.82, 2.24) is 0 Å². The van der Waals surface area contributed by atoms with Crippen LogP contribution in [0.4, 0.5) is 0 Å². The molecule has 0 spiro atoms. The van der Waals surface area contributed by atoms with Crippen LogP contribution in [0.1, 0.15) is 6.42 Å². The van der Waals surface area contributed by atoms with E-state index in [1.54, 1.807) is 6.08 Å². The molecule has 0 radical (unpaired) electrons. The average Bonchev–Trinajstić information content (AvgIpc) is 2.30. The van der Waals surface area contributed by atoms with E-state index in [4.69, 9.17) is 0 Å². The number of hydrogen-bond acceptors (Lipinski definition) is 4. The van der Waals surface area contributed by atoms with Gasteiger partial charge in [0.15, 0.2) is 0 Å². The maximum atomic E-state index is 10.3. The van der Waals surface area contributed by atoms with E-state index in [-0.39, 0.29) is 5.70 Å². The number of rotatable bonds is 3. The zero-order valence-electron chi connectivity index (χ0n) is 6.67. The number of nitro groups is 1. The Labute approximate surface area is 74.1 Å². The molecule has 0 saturated carbocycles. The van der Waals surface area contributed by atoms with Gasteiger partial charge in [-0.1, -0.05) is 6.08 Å². The van der Waals surface area contributed by atoms with Crippen LogP contribution in [0.25, 0.3) is 0 Å². The van der Waals surface area contributed by atoms with Crippen LogP contribution in [-0.4, -0.2) is 11.4 Å². The number of allylic oxidation sites excluding steroid dienone is 4. The van der Waals surface area contributed by atoms with Gasteiger partial charge in [-0.25, -0.2) is 0 Å². The summed E-state index contributed by atoms with van der Waals surface area (Å²) in [5, 5.41) is 10.3. The van der Waals surface area contributed by atoms with Gasteiger partial charge in [-0.3, -0.25) is 14.9 Å². The maximum Gasteiger partial charge on any atom is 0.298 e. The van der Waals surface area contributed by atoms with Crippen molar-refractivity contribution in [1.29, 1.82) is 0 Å². The Hall–Kier alpha value is -1.91. The summed E-state index contributed by atoms with van der Waals surface area (Å²) in [7, 11) is 0. The second-order valence-corrected chi connectivity index (χ2v) is 2.30. The topological polar surface area (TPSA) is 69.4 Å². The van der Waals surface area contributed by atoms with E-state index in [1.165, 1.54) is 18.2 Å². The molecule has 0 aromatic rings. The fourth-order valence-electron chi connectivity index (χ4n) is 0.869. The fraction of sp³-hybridized carbons (Fsp3) is 0.125. The Balaban J connectivity index is 2.82. The molecule has 1 aliphatic rings. The monoisotopic (exact) mass is 181 g/mol. The highest BCUT2D eigenvalue weighted by molar-refractivity contribution is 5.41. The summed E-state index contributed by atoms with van der Waals surface area (Å²) in [6, 6.07) is 0. The van der Waals surface area contributed by atoms with Crippen LogP contribution in [-0.2, 0) is 9.53 Å². The molecular weight excluding hydrogens is 174 g/mol. The van der Waals surface area contributed by atoms with Crippen molar-refractivity contribution in [3.05, 3.63) is 45.9 Å². The lowest BCUT2D eigenvalue weighted by Gasteiger charge is -1.96. The molecule has 0 saturated heterocycles. The molecule has 5 nitrogen and oxygen atoms in total. The highest BCUT2D eigenvalue weighted by Crippen LogP contribution is 2.11. The Kier molecular flexibility index (Phi) is 2.97. The first kappa shape index (κ1) is 9.18. The molecule has 0 bridgehead atoms. The number of ether oxygens (including phenoxy) is 1. The van der Waals surface area contributed by atoms with E-state index >= 15 is 0 Å². The maximum absolute atomic E-state index is 10.3. The molecule has 0 N–H and O–H groups in total. The molecule has 1 rings (SSSR count). The molecule has 5 heteroatoms. The first-order valence-electron chi connectivity index (χ1n) is 3.56. The number of carbonyl (C=O) groups excluding carboxylic acids is 1. The molecule has 0 unspecified atom stereocenters. The van der Waals surface area contributed by atoms with E-state index in [0.29, 0.717) is 18.7 Å². The summed E-state index contributed by atoms with van der Waals surface area (Å²) < 4.78 is 4.55. The summed E-state index contributed by atoms with van der Waals surface area (Å²) in [5.41, 5.74) is -0.0236. The minimum Gasteiger partial charge on any atom is -0.433 e. The highest BCUT2D eigenvalue weighted by atomic mass is 16.6. The summed E-state index contributed by atoms with van der Waals surface area (Å²) in [5.74, 6) is 0.392. The summed E-state index contributed by atoms with van der Waals surface area (Å²) in [6.07, 6.45) is 6.02. The third kappa shape index (κ3) is 2.55. The van der Waals surface area contributed by atoms with Crippen LogP contribution in [0.3, 0.4) is 0 Å². The minimum atomic E-state index is -0.503. The van der Waals surface area contributed by atoms with Crippen LogP contribution in [0, 0.1) is 10.1 Å². The number of nitrogens with zero attached hydrogens (tertiary/aromatic N) is 1. The first-order valence-corrected chi connectivity index (χ1v) is 3.56. The van der Waals surface area contributed by atoms with Gasteiger partial charge < -0.3 is 4.74 Å². The van der Waals surface area contributed by atoms with E-state index in [1.807, 2.05) is 0 Å². The van der Waals surface area contributed by atoms with Gasteiger partial charge >= 0.3 is 0 Å². The second kappa shape index (κ2) is 4.20. The van der Waals surface area contributed by atoms with Crippen LogP contribution in [0.2, 0.25) is 0 Å². The zero-order valence-corrected chi connectivity index (χ0v) is 6.67. The van der Waals surface area contributed by atoms with E-state index in [2.05, 4.69) is 4.74 Å². The average molecular weight is 181 g/mol. The van der Waals surface area contributed by atoms with Gasteiger partial charge in [0.05, 0.1) is 4.92 Å². The molecule has 0 aliphatic heterocycles. The van der Waals surface area contributed by atoms with Gasteiger partial charge in [0, 0.05) is 18.6 Å². The van der Waals surface area contributed by atoms with Gasteiger partial charge in [0.1, 0.15) is 5.76 Å². The molecule has 0 heterocycles. The Morgan fingerprint density at radius 1 is 1.54 bits per heavy atom. The summed E-state index contributed by atoms with van der Waals surface area (Å²) >= 11 is 0. The van der Waals surface area contributed by atoms with Crippen molar-refractivity contribution in [2.24, 2.45) is 0 Å². The van der Waals surface area contributed by atoms with Crippen LogP contribution < -0.4 is 0 Å². The van der Waals surface area contributed by atoms with Gasteiger partial charge in [-0.2, -0.15) is 0 Å². The largest absolute Gasteiger partial charge is 0.433 e. The lowest BCUT2D eigenvalue weighted by atomic mass is 10.3. The third-order valence-electron chi connectivity index (χ3n) is 1.46. The summed E-state index contributed by atoms with van der Waals surface area (Å²) in [4.78, 5) is 19.8. The van der Waals surface area contributed by atoms with Crippen molar-refractivity contribution in [3.63, 3.8) is 0 Å². The number of hydrogen-bond donors (Lipinski definition) is 0. The smallest absolute Gasteiger partial charge is 0.298 e. The van der Waals surface area contributed by atoms with E-state index in [9.17, 15) is 14.9 Å². The molecule has 0 amide bonds. The fourth-order valence-corrected chi connectivity index (χ4v) is 0.869. The normalized spacial score (nSPS) is 15.4. The van der Waals surface area contributed by atoms with Crippen LogP contribution in [0.15, 0.2) is 35.8 Å². The zero-order chi connectivity index (χ0) is 9.68. The Bertz CT molecular complexity index is 314. The highest BCUT2D eigenvalue weighted by Gasteiger charge is 2.07. The molecule has 0 aromatic carbocycles. The molecule has 13 heavy (non-hydrogen) atoms. The van der Waals surface area contributed by atoms with Crippen molar-refractivity contribution in [2.75, 3.05) is 0 Å². The molecule has 0 fully saturated rings. The lowest BCUT2D eigenvalue weighted by Crippen LogP contribution is -1.93. The minimum absolute atomic E-state index is 0.0236. The molecule has 1 aliphatic carbocycles.